The van der Waals surface area contributed by atoms with Crippen LogP contribution in [0.2, 0.25) is 0 Å². The summed E-state index contributed by atoms with van der Waals surface area (Å²) in [5.74, 6) is 0.182. The highest BCUT2D eigenvalue weighted by Crippen LogP contribution is 2.42. The molecule has 0 aliphatic carbocycles. The number of ether oxygens (including phenoxy) is 1. The first kappa shape index (κ1) is 16.0. The van der Waals surface area contributed by atoms with Crippen LogP contribution in [0.5, 0.6) is 0 Å². The van der Waals surface area contributed by atoms with Gasteiger partial charge in [-0.1, -0.05) is 0 Å². The molecule has 11 nitrogen and oxygen atoms in total. The third-order valence-corrected chi connectivity index (χ3v) is 3.43. The normalized spacial score (nSPS) is 29.7. The number of aliphatic hydroxyl groups is 2. The molecule has 21 heavy (non-hydrogen) atoms. The Labute approximate surface area is 118 Å². The average Bonchev–Trinajstić information content (AvgIpc) is 2.93. The monoisotopic (exact) mass is 322 g/mol. The van der Waals surface area contributed by atoms with Crippen molar-refractivity contribution in [3.05, 3.63) is 12.0 Å². The number of aromatic amines is 1. The minimum atomic E-state index is -4.93. The molecule has 0 spiro atoms. The highest BCUT2D eigenvalue weighted by molar-refractivity contribution is 7.46. The molecule has 0 amide bonds. The van der Waals surface area contributed by atoms with Gasteiger partial charge in [0.1, 0.15) is 35.9 Å². The van der Waals surface area contributed by atoms with E-state index in [4.69, 9.17) is 30.8 Å². The third kappa shape index (κ3) is 3.47. The number of nitrogens with one attached hydrogen (secondary N) is 2. The number of hydrogen-bond acceptors (Lipinski definition) is 8. The lowest BCUT2D eigenvalue weighted by Gasteiger charge is -2.20. The fraction of sp³-hybridized carbons (Fsp3) is 0.556. The summed E-state index contributed by atoms with van der Waals surface area (Å²) < 4.78 is 20.7. The van der Waals surface area contributed by atoms with Crippen LogP contribution in [0, 0.1) is 5.41 Å². The molecular formula is C9H15N4O7P. The van der Waals surface area contributed by atoms with E-state index in [2.05, 4.69) is 14.5 Å². The Kier molecular flexibility index (Phi) is 4.44. The van der Waals surface area contributed by atoms with E-state index in [9.17, 15) is 9.67 Å². The van der Waals surface area contributed by atoms with E-state index in [1.54, 1.807) is 0 Å². The summed E-state index contributed by atoms with van der Waals surface area (Å²) >= 11 is 0. The predicted molar refractivity (Wildman–Crippen MR) is 68.5 cm³/mol. The van der Waals surface area contributed by atoms with Crippen LogP contribution in [-0.4, -0.2) is 66.7 Å². The molecule has 12 heteroatoms. The van der Waals surface area contributed by atoms with Gasteiger partial charge >= 0.3 is 7.82 Å². The maximum Gasteiger partial charge on any atom is 0.470 e. The van der Waals surface area contributed by atoms with Crippen molar-refractivity contribution >= 4 is 19.4 Å². The fourth-order valence-electron chi connectivity index (χ4n) is 2.00. The van der Waals surface area contributed by atoms with Crippen LogP contribution in [0.25, 0.3) is 0 Å². The number of phosphoric ester groups is 1. The van der Waals surface area contributed by atoms with Gasteiger partial charge in [-0.3, -0.25) is 9.93 Å². The zero-order chi connectivity index (χ0) is 15.8. The first-order valence-corrected chi connectivity index (χ1v) is 7.33. The topological polar surface area (TPSA) is 195 Å². The second kappa shape index (κ2) is 5.81. The molecule has 1 aromatic heterocycles. The van der Waals surface area contributed by atoms with Crippen molar-refractivity contribution in [2.75, 3.05) is 12.3 Å². The number of aromatic nitrogens is 2. The van der Waals surface area contributed by atoms with Gasteiger partial charge in [-0.15, -0.1) is 0 Å². The number of phosphoric acid groups is 1. The Bertz CT molecular complexity index is 572. The number of imidazole rings is 1. The Hall–Kier alpha value is -1.33. The van der Waals surface area contributed by atoms with Crippen LogP contribution in [-0.2, 0) is 13.8 Å². The van der Waals surface area contributed by atoms with Crippen molar-refractivity contribution in [1.82, 2.24) is 9.97 Å². The number of nitrogen functional groups attached to an aromatic ring is 1. The molecule has 0 radical (unpaired) electrons. The Balaban J connectivity index is 2.26. The van der Waals surface area contributed by atoms with Gasteiger partial charge in [0, 0.05) is 0 Å². The molecule has 0 bridgehead atoms. The fourth-order valence-corrected chi connectivity index (χ4v) is 2.56. The molecule has 1 aliphatic rings. The van der Waals surface area contributed by atoms with Gasteiger partial charge < -0.3 is 35.5 Å². The van der Waals surface area contributed by atoms with Gasteiger partial charge in [0.2, 0.25) is 0 Å². The van der Waals surface area contributed by atoms with Crippen molar-refractivity contribution in [1.29, 1.82) is 5.41 Å². The number of hydrogen-bond donors (Lipinski definition) is 7. The number of anilines is 1. The van der Waals surface area contributed by atoms with Crippen LogP contribution < -0.4 is 5.73 Å². The lowest BCUT2D eigenvalue weighted by Crippen LogP contribution is -2.39. The highest BCUT2D eigenvalue weighted by atomic mass is 31.2. The first-order chi connectivity index (χ1) is 9.73. The van der Waals surface area contributed by atoms with Gasteiger partial charge in [0.05, 0.1) is 12.8 Å². The van der Waals surface area contributed by atoms with Crippen LogP contribution in [0.15, 0.2) is 6.20 Å². The third-order valence-electron chi connectivity index (χ3n) is 2.91. The van der Waals surface area contributed by atoms with Crippen molar-refractivity contribution in [2.24, 2.45) is 0 Å². The SMILES string of the molecule is N=C(c1ncc(N)[nH]1)C1O[C@H](CO)[C@@H](O)[C@H]1OP(=O)(O)O. The largest absolute Gasteiger partial charge is 0.470 e. The van der Waals surface area contributed by atoms with Gasteiger partial charge in [-0.05, 0) is 0 Å². The average molecular weight is 322 g/mol. The Morgan fingerprint density at radius 2 is 2.29 bits per heavy atom. The van der Waals surface area contributed by atoms with Crippen molar-refractivity contribution in [3.8, 4) is 0 Å². The summed E-state index contributed by atoms with van der Waals surface area (Å²) in [6, 6.07) is 0. The molecule has 1 aromatic rings. The summed E-state index contributed by atoms with van der Waals surface area (Å²) in [6.45, 7) is -0.605. The highest BCUT2D eigenvalue weighted by Gasteiger charge is 2.49. The second-order valence-electron chi connectivity index (χ2n) is 4.43. The maximum absolute atomic E-state index is 11.0. The molecular weight excluding hydrogens is 307 g/mol. The molecule has 118 valence electrons. The quantitative estimate of drug-likeness (QED) is 0.236. The van der Waals surface area contributed by atoms with E-state index in [0.717, 1.165) is 0 Å². The summed E-state index contributed by atoms with van der Waals surface area (Å²) in [7, 11) is -4.93. The molecule has 1 unspecified atom stereocenters. The molecule has 0 saturated carbocycles. The maximum atomic E-state index is 11.0. The molecule has 0 aromatic carbocycles. The molecule has 8 N–H and O–H groups in total. The minimum Gasteiger partial charge on any atom is -0.394 e. The number of nitrogens with zero attached hydrogens (tertiary/aromatic N) is 1. The molecule has 4 atom stereocenters. The summed E-state index contributed by atoms with van der Waals surface area (Å²) in [5.41, 5.74) is 5.11. The zero-order valence-electron chi connectivity index (χ0n) is 10.6. The summed E-state index contributed by atoms with van der Waals surface area (Å²) in [4.78, 5) is 24.1. The van der Waals surface area contributed by atoms with E-state index >= 15 is 0 Å². The van der Waals surface area contributed by atoms with E-state index in [1.165, 1.54) is 6.20 Å². The second-order valence-corrected chi connectivity index (χ2v) is 5.62. The van der Waals surface area contributed by atoms with Crippen LogP contribution >= 0.6 is 7.82 Å². The summed E-state index contributed by atoms with van der Waals surface area (Å²) in [6.07, 6.45) is -4.26. The predicted octanol–water partition coefficient (Wildman–Crippen LogP) is -2.04. The van der Waals surface area contributed by atoms with Gasteiger partial charge in [0.25, 0.3) is 0 Å². The van der Waals surface area contributed by atoms with E-state index < -0.39 is 38.8 Å². The molecule has 1 fully saturated rings. The number of aliphatic hydroxyl groups excluding tert-OH is 2. The van der Waals surface area contributed by atoms with Gasteiger partial charge in [-0.25, -0.2) is 9.55 Å². The lowest BCUT2D eigenvalue weighted by atomic mass is 10.0. The van der Waals surface area contributed by atoms with Gasteiger partial charge in [-0.2, -0.15) is 0 Å². The van der Waals surface area contributed by atoms with Gasteiger partial charge in [0.15, 0.2) is 5.82 Å². The van der Waals surface area contributed by atoms with Crippen LogP contribution in [0.1, 0.15) is 5.82 Å². The summed E-state index contributed by atoms with van der Waals surface area (Å²) in [5, 5.41) is 26.9. The smallest absolute Gasteiger partial charge is 0.394 e. The van der Waals surface area contributed by atoms with Crippen molar-refractivity contribution < 1.29 is 33.8 Å². The van der Waals surface area contributed by atoms with E-state index in [0.29, 0.717) is 0 Å². The first-order valence-electron chi connectivity index (χ1n) is 5.80. The molecule has 2 heterocycles. The lowest BCUT2D eigenvalue weighted by molar-refractivity contribution is -0.0101. The minimum absolute atomic E-state index is 0.00241. The van der Waals surface area contributed by atoms with E-state index in [1.807, 2.05) is 0 Å². The number of nitrogens with two attached hydrogens (primary N) is 1. The Morgan fingerprint density at radius 3 is 2.76 bits per heavy atom. The molecule has 1 saturated heterocycles. The van der Waals surface area contributed by atoms with Crippen molar-refractivity contribution in [3.63, 3.8) is 0 Å². The molecule has 1 aliphatic heterocycles. The zero-order valence-corrected chi connectivity index (χ0v) is 11.5. The molecule has 2 rings (SSSR count). The number of H-pyrrole nitrogens is 1. The van der Waals surface area contributed by atoms with Crippen LogP contribution in [0.3, 0.4) is 0 Å². The van der Waals surface area contributed by atoms with Crippen LogP contribution in [0.4, 0.5) is 5.82 Å². The Morgan fingerprint density at radius 1 is 1.62 bits per heavy atom. The number of rotatable bonds is 5. The van der Waals surface area contributed by atoms with E-state index in [-0.39, 0.29) is 17.4 Å². The standard InChI is InChI=1S/C9H15N4O7P/c10-4-1-12-9(13-4)5(11)7-8(20-21(16,17)18)6(15)3(2-14)19-7/h1,3,6-8,11,14-15H,2,10H2,(H,12,13)(H2,16,17,18)/t3-,6-,7?,8-/m1/s1. The van der Waals surface area contributed by atoms with Crippen molar-refractivity contribution in [2.45, 2.75) is 24.4 Å².